The average Bonchev–Trinajstić information content (AvgIpc) is 3.54. The van der Waals surface area contributed by atoms with Crippen LogP contribution in [0.5, 0.6) is 5.75 Å². The Hall–Kier alpha value is -3.48. The SMILES string of the molecule is CC(=O)O.COc1cccc(-c2nn(-c3ccccc3)cc2/C=C2\SC(=S)N(C3CCS(=O)(=O)C3)C2=O)c1. The highest BCUT2D eigenvalue weighted by atomic mass is 32.2. The predicted octanol–water partition coefficient (Wildman–Crippen LogP) is 4.03. The maximum atomic E-state index is 13.3. The molecule has 1 N–H and O–H groups in total. The first-order valence-electron chi connectivity index (χ1n) is 11.5. The Morgan fingerprint density at radius 1 is 1.21 bits per heavy atom. The summed E-state index contributed by atoms with van der Waals surface area (Å²) < 4.78 is 31.4. The highest BCUT2D eigenvalue weighted by molar-refractivity contribution is 8.26. The van der Waals surface area contributed by atoms with Crippen LogP contribution < -0.4 is 4.74 Å². The summed E-state index contributed by atoms with van der Waals surface area (Å²) in [7, 11) is -1.53. The molecule has 198 valence electrons. The predicted molar refractivity (Wildman–Crippen MR) is 151 cm³/mol. The second-order valence-electron chi connectivity index (χ2n) is 8.57. The summed E-state index contributed by atoms with van der Waals surface area (Å²) >= 11 is 6.65. The van der Waals surface area contributed by atoms with Crippen molar-refractivity contribution in [2.75, 3.05) is 18.6 Å². The van der Waals surface area contributed by atoms with Gasteiger partial charge in [-0.15, -0.1) is 0 Å². The lowest BCUT2D eigenvalue weighted by Crippen LogP contribution is -2.39. The molecule has 0 aliphatic carbocycles. The van der Waals surface area contributed by atoms with Crippen LogP contribution in [-0.4, -0.2) is 69.1 Å². The molecule has 3 heterocycles. The third-order valence-electron chi connectivity index (χ3n) is 5.79. The number of methoxy groups -OCH3 is 1. The Morgan fingerprint density at radius 2 is 1.92 bits per heavy atom. The van der Waals surface area contributed by atoms with Gasteiger partial charge >= 0.3 is 0 Å². The minimum Gasteiger partial charge on any atom is -0.497 e. The molecule has 2 fully saturated rings. The highest BCUT2D eigenvalue weighted by Crippen LogP contribution is 2.38. The first-order valence-corrected chi connectivity index (χ1v) is 14.6. The van der Waals surface area contributed by atoms with E-state index in [1.165, 1.54) is 16.7 Å². The van der Waals surface area contributed by atoms with Crippen molar-refractivity contribution >= 4 is 56.1 Å². The Kier molecular flexibility index (Phi) is 8.34. The van der Waals surface area contributed by atoms with Crippen LogP contribution in [0.2, 0.25) is 0 Å². The number of benzene rings is 2. The van der Waals surface area contributed by atoms with E-state index in [2.05, 4.69) is 0 Å². The van der Waals surface area contributed by atoms with Crippen LogP contribution in [0.25, 0.3) is 23.0 Å². The molecule has 9 nitrogen and oxygen atoms in total. The van der Waals surface area contributed by atoms with Gasteiger partial charge in [0, 0.05) is 24.2 Å². The number of amides is 1. The number of carboxylic acids is 1. The van der Waals surface area contributed by atoms with E-state index in [4.69, 9.17) is 32.0 Å². The fourth-order valence-electron chi connectivity index (χ4n) is 4.12. The van der Waals surface area contributed by atoms with Crippen LogP contribution in [-0.2, 0) is 19.4 Å². The fraction of sp³-hybridized carbons (Fsp3) is 0.231. The van der Waals surface area contributed by atoms with Crippen molar-refractivity contribution in [2.45, 2.75) is 19.4 Å². The number of aliphatic carboxylic acids is 1. The maximum absolute atomic E-state index is 13.3. The van der Waals surface area contributed by atoms with Gasteiger partial charge in [0.1, 0.15) is 15.8 Å². The zero-order chi connectivity index (χ0) is 27.4. The van der Waals surface area contributed by atoms with Crippen molar-refractivity contribution < 1.29 is 27.9 Å². The Labute approximate surface area is 230 Å². The molecule has 0 spiro atoms. The molecule has 1 atom stereocenters. The molecule has 3 aromatic rings. The van der Waals surface area contributed by atoms with Gasteiger partial charge in [0.15, 0.2) is 9.84 Å². The number of carbonyl (C=O) groups is 2. The number of carboxylic acid groups (broad SMARTS) is 1. The number of thiocarbonyl (C=S) groups is 1. The third kappa shape index (κ3) is 6.32. The standard InChI is InChI=1S/C24H21N3O4S3.C2H4O2/c1-31-20-9-5-6-16(12-20)22-17(14-26(25-22)18-7-3-2-4-8-18)13-21-23(28)27(24(32)33-21)19-10-11-34(29,30)15-19;1-2(3)4/h2-9,12-14,19H,10-11,15H2,1H3;1H3,(H,3,4)/b21-13-;. The zero-order valence-corrected chi connectivity index (χ0v) is 23.1. The highest BCUT2D eigenvalue weighted by Gasteiger charge is 2.42. The van der Waals surface area contributed by atoms with Crippen LogP contribution >= 0.6 is 24.0 Å². The number of sulfone groups is 1. The summed E-state index contributed by atoms with van der Waals surface area (Å²) in [4.78, 5) is 24.2. The van der Waals surface area contributed by atoms with Crippen molar-refractivity contribution in [3.05, 3.63) is 71.3 Å². The number of ether oxygens (including phenoxy) is 1. The van der Waals surface area contributed by atoms with Crippen molar-refractivity contribution in [3.63, 3.8) is 0 Å². The number of hydrogen-bond acceptors (Lipinski definition) is 8. The lowest BCUT2D eigenvalue weighted by atomic mass is 10.1. The lowest BCUT2D eigenvalue weighted by molar-refractivity contribution is -0.134. The zero-order valence-electron chi connectivity index (χ0n) is 20.6. The number of para-hydroxylation sites is 1. The van der Waals surface area contributed by atoms with Gasteiger partial charge in [-0.25, -0.2) is 13.1 Å². The van der Waals surface area contributed by atoms with Gasteiger partial charge in [0.2, 0.25) is 0 Å². The van der Waals surface area contributed by atoms with Gasteiger partial charge in [-0.1, -0.05) is 54.3 Å². The van der Waals surface area contributed by atoms with Crippen molar-refractivity contribution in [1.82, 2.24) is 14.7 Å². The topological polar surface area (TPSA) is 119 Å². The molecule has 5 rings (SSSR count). The Morgan fingerprint density at radius 3 is 2.55 bits per heavy atom. The Balaban J connectivity index is 0.000000786. The maximum Gasteiger partial charge on any atom is 0.300 e. The molecular weight excluding hydrogens is 547 g/mol. The monoisotopic (exact) mass is 571 g/mol. The molecule has 1 amide bonds. The summed E-state index contributed by atoms with van der Waals surface area (Å²) in [5.74, 6) is -0.363. The molecule has 1 aromatic heterocycles. The van der Waals surface area contributed by atoms with Crippen LogP contribution in [0.1, 0.15) is 18.9 Å². The molecule has 12 heteroatoms. The summed E-state index contributed by atoms with van der Waals surface area (Å²) in [6, 6.07) is 16.9. The van der Waals surface area contributed by atoms with E-state index in [-0.39, 0.29) is 17.4 Å². The normalized spacial score (nSPS) is 19.4. The van der Waals surface area contributed by atoms with E-state index in [1.807, 2.05) is 60.8 Å². The minimum atomic E-state index is -3.14. The van der Waals surface area contributed by atoms with Gasteiger partial charge in [0.05, 0.1) is 35.2 Å². The fourth-order valence-corrected chi connectivity index (χ4v) is 7.21. The second-order valence-corrected chi connectivity index (χ2v) is 12.5. The van der Waals surface area contributed by atoms with Gasteiger partial charge < -0.3 is 9.84 Å². The number of thioether (sulfide) groups is 1. The van der Waals surface area contributed by atoms with Crippen molar-refractivity contribution in [1.29, 1.82) is 0 Å². The molecule has 2 aliphatic heterocycles. The van der Waals surface area contributed by atoms with Crippen LogP contribution in [0.4, 0.5) is 0 Å². The smallest absolute Gasteiger partial charge is 0.300 e. The molecule has 0 bridgehead atoms. The second kappa shape index (κ2) is 11.5. The van der Waals surface area contributed by atoms with Gasteiger partial charge in [-0.3, -0.25) is 14.5 Å². The first-order chi connectivity index (χ1) is 18.1. The van der Waals surface area contributed by atoms with Crippen molar-refractivity contribution in [2.24, 2.45) is 0 Å². The number of nitrogens with zero attached hydrogens (tertiary/aromatic N) is 3. The van der Waals surface area contributed by atoms with Gasteiger partial charge in [-0.2, -0.15) is 5.10 Å². The van der Waals surface area contributed by atoms with E-state index < -0.39 is 21.8 Å². The molecule has 1 unspecified atom stereocenters. The number of aromatic nitrogens is 2. The van der Waals surface area contributed by atoms with Gasteiger partial charge in [0.25, 0.3) is 11.9 Å². The van der Waals surface area contributed by atoms with E-state index >= 15 is 0 Å². The molecule has 0 radical (unpaired) electrons. The molecule has 38 heavy (non-hydrogen) atoms. The average molecular weight is 572 g/mol. The van der Waals surface area contributed by atoms with Crippen LogP contribution in [0.15, 0.2) is 65.7 Å². The summed E-state index contributed by atoms with van der Waals surface area (Å²) in [5.41, 5.74) is 3.17. The van der Waals surface area contributed by atoms with E-state index in [0.717, 1.165) is 23.7 Å². The molecule has 2 aromatic carbocycles. The third-order valence-corrected chi connectivity index (χ3v) is 8.87. The summed E-state index contributed by atoms with van der Waals surface area (Å²) in [6.07, 6.45) is 4.06. The van der Waals surface area contributed by atoms with E-state index in [9.17, 15) is 13.2 Å². The summed E-state index contributed by atoms with van der Waals surface area (Å²) in [6.45, 7) is 1.08. The number of rotatable bonds is 5. The molecule has 2 saturated heterocycles. The molecule has 2 aliphatic rings. The van der Waals surface area contributed by atoms with Gasteiger partial charge in [-0.05, 0) is 36.8 Å². The number of carbonyl (C=O) groups excluding carboxylic acids is 1. The van der Waals surface area contributed by atoms with E-state index in [1.54, 1.807) is 17.9 Å². The summed E-state index contributed by atoms with van der Waals surface area (Å²) in [5, 5.41) is 12.2. The number of hydrogen-bond donors (Lipinski definition) is 1. The quantitative estimate of drug-likeness (QED) is 0.358. The molecule has 0 saturated carbocycles. The largest absolute Gasteiger partial charge is 0.497 e. The van der Waals surface area contributed by atoms with Crippen LogP contribution in [0, 0.1) is 0 Å². The first kappa shape index (κ1) is 27.6. The lowest BCUT2D eigenvalue weighted by Gasteiger charge is -2.20. The Bertz CT molecular complexity index is 1510. The van der Waals surface area contributed by atoms with Crippen molar-refractivity contribution in [3.8, 4) is 22.7 Å². The van der Waals surface area contributed by atoms with E-state index in [0.29, 0.717) is 27.1 Å². The molecular formula is C26H25N3O6S3. The minimum absolute atomic E-state index is 0.0479. The van der Waals surface area contributed by atoms with Crippen LogP contribution in [0.3, 0.4) is 0 Å².